The second-order valence-electron chi connectivity index (χ2n) is 4.68. The van der Waals surface area contributed by atoms with Crippen molar-refractivity contribution in [3.8, 4) is 0 Å². The van der Waals surface area contributed by atoms with Gasteiger partial charge in [-0.15, -0.1) is 0 Å². The lowest BCUT2D eigenvalue weighted by Gasteiger charge is -2.21. The molecule has 0 aliphatic rings. The third-order valence-corrected chi connectivity index (χ3v) is 1.56. The molecule has 82 valence electrons. The summed E-state index contributed by atoms with van der Waals surface area (Å²) in [6.07, 6.45) is 0.156. The topological polar surface area (TPSA) is 69.2 Å². The summed E-state index contributed by atoms with van der Waals surface area (Å²) in [5.41, 5.74) is -0.266. The van der Waals surface area contributed by atoms with Crippen molar-refractivity contribution in [2.45, 2.75) is 46.1 Å². The first-order chi connectivity index (χ1) is 6.20. The summed E-state index contributed by atoms with van der Waals surface area (Å²) in [7, 11) is 0. The monoisotopic (exact) mass is 200 g/mol. The molecule has 0 rings (SSSR count). The van der Waals surface area contributed by atoms with Gasteiger partial charge >= 0.3 is 0 Å². The van der Waals surface area contributed by atoms with Gasteiger partial charge in [0.25, 0.3) is 0 Å². The zero-order valence-corrected chi connectivity index (χ0v) is 9.22. The molecule has 1 amide bonds. The van der Waals surface area contributed by atoms with Crippen molar-refractivity contribution in [3.63, 3.8) is 0 Å². The number of carboxylic acids is 1. The highest BCUT2D eigenvalue weighted by Gasteiger charge is 2.15. The van der Waals surface area contributed by atoms with Crippen LogP contribution in [0.15, 0.2) is 0 Å². The van der Waals surface area contributed by atoms with E-state index in [1.165, 1.54) is 0 Å². The maximum Gasteiger partial charge on any atom is 0.220 e. The van der Waals surface area contributed by atoms with Gasteiger partial charge in [0, 0.05) is 17.9 Å². The summed E-state index contributed by atoms with van der Waals surface area (Å²) >= 11 is 0. The Morgan fingerprint density at radius 1 is 1.29 bits per heavy atom. The number of hydrogen-bond donors (Lipinski definition) is 1. The molecule has 0 fully saturated rings. The lowest BCUT2D eigenvalue weighted by molar-refractivity contribution is -0.306. The second-order valence-corrected chi connectivity index (χ2v) is 4.68. The summed E-state index contributed by atoms with van der Waals surface area (Å²) in [4.78, 5) is 21.6. The highest BCUT2D eigenvalue weighted by Crippen LogP contribution is 2.08. The lowest BCUT2D eigenvalue weighted by atomic mass is 10.0. The van der Waals surface area contributed by atoms with Crippen molar-refractivity contribution in [1.29, 1.82) is 0 Å². The van der Waals surface area contributed by atoms with E-state index in [-0.39, 0.29) is 30.2 Å². The molecule has 0 saturated carbocycles. The van der Waals surface area contributed by atoms with Crippen LogP contribution in [-0.2, 0) is 9.59 Å². The number of amides is 1. The Morgan fingerprint density at radius 2 is 1.79 bits per heavy atom. The van der Waals surface area contributed by atoms with E-state index in [9.17, 15) is 14.7 Å². The molecule has 0 aromatic heterocycles. The number of hydrogen-bond acceptors (Lipinski definition) is 3. The molecule has 0 aliphatic carbocycles. The first-order valence-corrected chi connectivity index (χ1v) is 4.71. The van der Waals surface area contributed by atoms with Gasteiger partial charge in [0.15, 0.2) is 0 Å². The smallest absolute Gasteiger partial charge is 0.220 e. The predicted octanol–water partition coefficient (Wildman–Crippen LogP) is 0.0673. The largest absolute Gasteiger partial charge is 0.550 e. The van der Waals surface area contributed by atoms with Gasteiger partial charge in [-0.1, -0.05) is 6.92 Å². The molecular weight excluding hydrogens is 182 g/mol. The molecule has 0 saturated heterocycles. The van der Waals surface area contributed by atoms with Gasteiger partial charge in [-0.3, -0.25) is 4.79 Å². The van der Waals surface area contributed by atoms with Crippen LogP contribution in [0.5, 0.6) is 0 Å². The maximum atomic E-state index is 11.3. The average Bonchev–Trinajstić information content (AvgIpc) is 1.77. The Labute approximate surface area is 84.7 Å². The third kappa shape index (κ3) is 7.58. The quantitative estimate of drug-likeness (QED) is 0.698. The summed E-state index contributed by atoms with van der Waals surface area (Å²) < 4.78 is 0. The van der Waals surface area contributed by atoms with E-state index < -0.39 is 5.97 Å². The van der Waals surface area contributed by atoms with Gasteiger partial charge in [0.2, 0.25) is 5.91 Å². The summed E-state index contributed by atoms with van der Waals surface area (Å²) in [5.74, 6) is -1.41. The number of carbonyl (C=O) groups is 2. The zero-order chi connectivity index (χ0) is 11.4. The number of nitrogens with one attached hydrogen (secondary N) is 1. The number of aliphatic carboxylic acids is 1. The predicted molar refractivity (Wildman–Crippen MR) is 51.3 cm³/mol. The second kappa shape index (κ2) is 4.98. The van der Waals surface area contributed by atoms with Gasteiger partial charge in [-0.2, -0.15) is 0 Å². The van der Waals surface area contributed by atoms with E-state index in [0.29, 0.717) is 0 Å². The number of rotatable bonds is 4. The van der Waals surface area contributed by atoms with Crippen molar-refractivity contribution in [3.05, 3.63) is 0 Å². The molecule has 0 aromatic carbocycles. The molecule has 14 heavy (non-hydrogen) atoms. The molecule has 0 bridgehead atoms. The first kappa shape index (κ1) is 12.9. The molecule has 0 aromatic rings. The van der Waals surface area contributed by atoms with Crippen LogP contribution in [-0.4, -0.2) is 17.4 Å². The lowest BCUT2D eigenvalue weighted by Crippen LogP contribution is -2.41. The molecule has 0 radical (unpaired) electrons. The first-order valence-electron chi connectivity index (χ1n) is 4.71. The molecule has 0 spiro atoms. The van der Waals surface area contributed by atoms with Crippen molar-refractivity contribution in [1.82, 2.24) is 5.32 Å². The van der Waals surface area contributed by atoms with Crippen molar-refractivity contribution >= 4 is 11.9 Å². The average molecular weight is 200 g/mol. The van der Waals surface area contributed by atoms with Crippen LogP contribution in [0, 0.1) is 5.92 Å². The Bertz CT molecular complexity index is 218. The standard InChI is InChI=1S/C10H19NO3/c1-7(6-9(13)14)5-8(12)11-10(2,3)4/h7H,5-6H2,1-4H3,(H,11,12)(H,13,14)/p-1/t7-/m0/s1. The van der Waals surface area contributed by atoms with Crippen LogP contribution in [0.1, 0.15) is 40.5 Å². The van der Waals surface area contributed by atoms with Gasteiger partial charge in [-0.05, 0) is 33.1 Å². The minimum absolute atomic E-state index is 0.0719. The highest BCUT2D eigenvalue weighted by atomic mass is 16.4. The van der Waals surface area contributed by atoms with Gasteiger partial charge < -0.3 is 15.2 Å². The van der Waals surface area contributed by atoms with Crippen LogP contribution < -0.4 is 10.4 Å². The summed E-state index contributed by atoms with van der Waals surface area (Å²) in [5, 5.41) is 13.0. The third-order valence-electron chi connectivity index (χ3n) is 1.56. The van der Waals surface area contributed by atoms with Crippen molar-refractivity contribution in [2.75, 3.05) is 0 Å². The molecule has 4 heteroatoms. The maximum absolute atomic E-state index is 11.3. The Kier molecular flexibility index (Phi) is 4.60. The van der Waals surface area contributed by atoms with Crippen LogP contribution in [0.2, 0.25) is 0 Å². The van der Waals surface area contributed by atoms with Crippen LogP contribution >= 0.6 is 0 Å². The summed E-state index contributed by atoms with van der Waals surface area (Å²) in [6.45, 7) is 7.37. The van der Waals surface area contributed by atoms with E-state index in [1.54, 1.807) is 6.92 Å². The van der Waals surface area contributed by atoms with E-state index in [1.807, 2.05) is 20.8 Å². The molecular formula is C10H18NO3-. The minimum Gasteiger partial charge on any atom is -0.550 e. The van der Waals surface area contributed by atoms with E-state index >= 15 is 0 Å². The fraction of sp³-hybridized carbons (Fsp3) is 0.800. The highest BCUT2D eigenvalue weighted by molar-refractivity contribution is 5.77. The van der Waals surface area contributed by atoms with Gasteiger partial charge in [0.05, 0.1) is 0 Å². The van der Waals surface area contributed by atoms with Crippen LogP contribution in [0.4, 0.5) is 0 Å². The Balaban J connectivity index is 3.89. The van der Waals surface area contributed by atoms with Crippen molar-refractivity contribution in [2.24, 2.45) is 5.92 Å². The van der Waals surface area contributed by atoms with E-state index in [2.05, 4.69) is 5.32 Å². The Morgan fingerprint density at radius 3 is 2.14 bits per heavy atom. The number of carboxylic acid groups (broad SMARTS) is 1. The SMILES string of the molecule is C[C@H](CC(=O)[O-])CC(=O)NC(C)(C)C. The molecule has 0 heterocycles. The zero-order valence-electron chi connectivity index (χ0n) is 9.22. The van der Waals surface area contributed by atoms with E-state index in [0.717, 1.165) is 0 Å². The minimum atomic E-state index is -1.11. The molecule has 1 N–H and O–H groups in total. The Hall–Kier alpha value is -1.06. The fourth-order valence-electron chi connectivity index (χ4n) is 1.14. The fourth-order valence-corrected chi connectivity index (χ4v) is 1.14. The molecule has 0 unspecified atom stereocenters. The van der Waals surface area contributed by atoms with Gasteiger partial charge in [-0.25, -0.2) is 0 Å². The normalized spacial score (nSPS) is 13.4. The molecule has 1 atom stereocenters. The van der Waals surface area contributed by atoms with Gasteiger partial charge in [0.1, 0.15) is 0 Å². The summed E-state index contributed by atoms with van der Waals surface area (Å²) in [6, 6.07) is 0. The van der Waals surface area contributed by atoms with Crippen molar-refractivity contribution < 1.29 is 14.7 Å². The molecule has 4 nitrogen and oxygen atoms in total. The number of carbonyl (C=O) groups excluding carboxylic acids is 2. The molecule has 0 aliphatic heterocycles. The van der Waals surface area contributed by atoms with Crippen LogP contribution in [0.3, 0.4) is 0 Å². The van der Waals surface area contributed by atoms with E-state index in [4.69, 9.17) is 0 Å². The van der Waals surface area contributed by atoms with Crippen LogP contribution in [0.25, 0.3) is 0 Å².